The van der Waals surface area contributed by atoms with Crippen LogP contribution in [0.3, 0.4) is 0 Å². The highest BCUT2D eigenvalue weighted by molar-refractivity contribution is 9.10. The molecule has 0 saturated carbocycles. The van der Waals surface area contributed by atoms with Gasteiger partial charge in [-0.25, -0.2) is 5.06 Å². The van der Waals surface area contributed by atoms with Crippen molar-refractivity contribution in [3.05, 3.63) is 106 Å². The Kier molecular flexibility index (Phi) is 3.61. The van der Waals surface area contributed by atoms with E-state index in [1.165, 1.54) is 5.06 Å². The monoisotopic (exact) mass is 417 g/mol. The van der Waals surface area contributed by atoms with E-state index in [9.17, 15) is 10.0 Å². The fraction of sp³-hybridized carbons (Fsp3) is 0.0870. The summed E-state index contributed by atoms with van der Waals surface area (Å²) in [5.74, 6) is -0.0223. The number of hydroxylamine groups is 1. The maximum atomic E-state index is 13.5. The molecule has 1 heterocycles. The van der Waals surface area contributed by atoms with E-state index in [2.05, 4.69) is 15.9 Å². The third-order valence-corrected chi connectivity index (χ3v) is 6.08. The van der Waals surface area contributed by atoms with E-state index in [1.807, 2.05) is 78.9 Å². The lowest BCUT2D eigenvalue weighted by atomic mass is 9.63. The van der Waals surface area contributed by atoms with E-state index in [4.69, 9.17) is 0 Å². The molecular weight excluding hydrogens is 402 g/mol. The molecule has 1 aliphatic heterocycles. The number of carbonyl (C=O) groups is 1. The van der Waals surface area contributed by atoms with Gasteiger partial charge in [0.15, 0.2) is 5.78 Å². The predicted molar refractivity (Wildman–Crippen MR) is 109 cm³/mol. The van der Waals surface area contributed by atoms with Gasteiger partial charge in [-0.05, 0) is 46.5 Å². The standard InChI is InChI=1S/C23H16BrNO2/c24-17-12-10-15-11-13-21(26)23(19(15)14-17)18-8-4-5-9-20(18)25(27)22(23)16-6-2-1-3-7-16/h1-14,22,27H/t22?,23-/m1/s1. The van der Waals surface area contributed by atoms with E-state index in [1.54, 1.807) is 6.08 Å². The van der Waals surface area contributed by atoms with Gasteiger partial charge in [-0.2, -0.15) is 0 Å². The molecule has 0 aromatic heterocycles. The number of anilines is 1. The normalized spacial score (nSPS) is 22.8. The lowest BCUT2D eigenvalue weighted by Gasteiger charge is -2.38. The number of fused-ring (bicyclic) bond motifs is 4. The number of hydrogen-bond donors (Lipinski definition) is 1. The van der Waals surface area contributed by atoms with Crippen molar-refractivity contribution in [3.8, 4) is 0 Å². The summed E-state index contributed by atoms with van der Waals surface area (Å²) in [6.45, 7) is 0. The zero-order valence-corrected chi connectivity index (χ0v) is 15.9. The molecule has 27 heavy (non-hydrogen) atoms. The average molecular weight is 418 g/mol. The number of para-hydroxylation sites is 1. The Morgan fingerprint density at radius 3 is 2.44 bits per heavy atom. The molecule has 2 aliphatic rings. The maximum absolute atomic E-state index is 13.5. The summed E-state index contributed by atoms with van der Waals surface area (Å²) in [5, 5.41) is 12.4. The summed E-state index contributed by atoms with van der Waals surface area (Å²) in [6, 6.07) is 22.8. The van der Waals surface area contributed by atoms with Crippen molar-refractivity contribution in [2.24, 2.45) is 0 Å². The molecule has 3 aromatic rings. The van der Waals surface area contributed by atoms with Gasteiger partial charge >= 0.3 is 0 Å². The summed E-state index contributed by atoms with van der Waals surface area (Å²) in [5.41, 5.74) is 3.29. The molecule has 0 radical (unpaired) electrons. The van der Waals surface area contributed by atoms with Crippen molar-refractivity contribution >= 4 is 33.5 Å². The minimum atomic E-state index is -0.999. The molecule has 5 rings (SSSR count). The molecule has 3 nitrogen and oxygen atoms in total. The van der Waals surface area contributed by atoms with Crippen molar-refractivity contribution < 1.29 is 10.0 Å². The third kappa shape index (κ3) is 2.14. The SMILES string of the molecule is O=C1C=Cc2ccc(Br)cc2[C@]12c1ccccc1N(O)C2c1ccccc1. The Hall–Kier alpha value is -2.69. The minimum absolute atomic E-state index is 0.0223. The minimum Gasteiger partial charge on any atom is -0.293 e. The second-order valence-electron chi connectivity index (χ2n) is 6.91. The van der Waals surface area contributed by atoms with Crippen LogP contribution in [0.4, 0.5) is 5.69 Å². The molecule has 0 bridgehead atoms. The lowest BCUT2D eigenvalue weighted by Crippen LogP contribution is -2.45. The van der Waals surface area contributed by atoms with Crippen LogP contribution in [0.5, 0.6) is 0 Å². The van der Waals surface area contributed by atoms with E-state index in [-0.39, 0.29) is 5.78 Å². The third-order valence-electron chi connectivity index (χ3n) is 5.59. The number of rotatable bonds is 1. The first-order valence-electron chi connectivity index (χ1n) is 8.79. The van der Waals surface area contributed by atoms with Gasteiger partial charge in [0, 0.05) is 4.47 Å². The zero-order valence-electron chi connectivity index (χ0n) is 14.3. The van der Waals surface area contributed by atoms with Crippen molar-refractivity contribution in [1.82, 2.24) is 0 Å². The van der Waals surface area contributed by atoms with Crippen molar-refractivity contribution in [2.45, 2.75) is 11.5 Å². The van der Waals surface area contributed by atoms with Crippen LogP contribution < -0.4 is 5.06 Å². The fourth-order valence-corrected chi connectivity index (χ4v) is 4.87. The number of benzene rings is 3. The van der Waals surface area contributed by atoms with Crippen LogP contribution in [0, 0.1) is 0 Å². The van der Waals surface area contributed by atoms with Crippen molar-refractivity contribution in [2.75, 3.05) is 5.06 Å². The van der Waals surface area contributed by atoms with Crippen LogP contribution >= 0.6 is 15.9 Å². The number of ketones is 1. The van der Waals surface area contributed by atoms with Crippen molar-refractivity contribution in [1.29, 1.82) is 0 Å². The molecule has 4 heteroatoms. The molecule has 2 atom stereocenters. The second-order valence-corrected chi connectivity index (χ2v) is 7.83. The maximum Gasteiger partial charge on any atom is 0.173 e. The van der Waals surface area contributed by atoms with Gasteiger partial charge in [-0.1, -0.05) is 76.6 Å². The first kappa shape index (κ1) is 16.5. The second kappa shape index (κ2) is 5.91. The molecule has 0 fully saturated rings. The van der Waals surface area contributed by atoms with Gasteiger partial charge in [0.1, 0.15) is 11.5 Å². The Labute approximate surface area is 165 Å². The summed E-state index contributed by atoms with van der Waals surface area (Å²) in [7, 11) is 0. The number of nitrogens with zero attached hydrogens (tertiary/aromatic N) is 1. The Bertz CT molecular complexity index is 1090. The molecule has 1 N–H and O–H groups in total. The van der Waals surface area contributed by atoms with E-state index in [0.717, 1.165) is 26.7 Å². The highest BCUT2D eigenvalue weighted by Gasteiger charge is 2.58. The Morgan fingerprint density at radius 2 is 1.63 bits per heavy atom. The van der Waals surface area contributed by atoms with Crippen LogP contribution in [-0.4, -0.2) is 11.0 Å². The molecule has 0 amide bonds. The highest BCUT2D eigenvalue weighted by atomic mass is 79.9. The van der Waals surface area contributed by atoms with E-state index < -0.39 is 11.5 Å². The number of carbonyl (C=O) groups excluding carboxylic acids is 1. The lowest BCUT2D eigenvalue weighted by molar-refractivity contribution is -0.119. The largest absolute Gasteiger partial charge is 0.293 e. The van der Waals surface area contributed by atoms with Gasteiger partial charge in [0.05, 0.1) is 5.69 Å². The van der Waals surface area contributed by atoms with Gasteiger partial charge in [0.2, 0.25) is 0 Å². The van der Waals surface area contributed by atoms with Gasteiger partial charge in [-0.15, -0.1) is 0 Å². The Morgan fingerprint density at radius 1 is 0.889 bits per heavy atom. The van der Waals surface area contributed by atoms with Gasteiger partial charge in [-0.3, -0.25) is 10.0 Å². The van der Waals surface area contributed by atoms with Crippen molar-refractivity contribution in [3.63, 3.8) is 0 Å². The van der Waals surface area contributed by atoms with E-state index >= 15 is 0 Å². The van der Waals surface area contributed by atoms with Crippen LogP contribution in [0.15, 0.2) is 83.3 Å². The first-order chi connectivity index (χ1) is 13.1. The Balaban J connectivity index is 1.91. The first-order valence-corrected chi connectivity index (χ1v) is 9.58. The molecule has 3 aromatic carbocycles. The number of allylic oxidation sites excluding steroid dienone is 1. The van der Waals surface area contributed by atoms with Crippen LogP contribution in [0.2, 0.25) is 0 Å². The smallest absolute Gasteiger partial charge is 0.173 e. The highest BCUT2D eigenvalue weighted by Crippen LogP contribution is 2.58. The summed E-state index contributed by atoms with van der Waals surface area (Å²) in [6.07, 6.45) is 3.50. The molecule has 1 aliphatic carbocycles. The average Bonchev–Trinajstić information content (AvgIpc) is 2.96. The van der Waals surface area contributed by atoms with Crippen LogP contribution in [0.25, 0.3) is 6.08 Å². The quantitative estimate of drug-likeness (QED) is 0.585. The molecular formula is C23H16BrNO2. The number of halogens is 1. The molecule has 0 saturated heterocycles. The zero-order chi connectivity index (χ0) is 18.6. The fourth-order valence-electron chi connectivity index (χ4n) is 4.51. The molecule has 132 valence electrons. The predicted octanol–water partition coefficient (Wildman–Crippen LogP) is 5.28. The van der Waals surface area contributed by atoms with Gasteiger partial charge < -0.3 is 0 Å². The summed E-state index contributed by atoms with van der Waals surface area (Å²) >= 11 is 3.56. The molecule has 1 spiro atoms. The topological polar surface area (TPSA) is 40.5 Å². The van der Waals surface area contributed by atoms with E-state index in [0.29, 0.717) is 5.69 Å². The summed E-state index contributed by atoms with van der Waals surface area (Å²) < 4.78 is 0.907. The van der Waals surface area contributed by atoms with Crippen LogP contribution in [-0.2, 0) is 10.2 Å². The molecule has 1 unspecified atom stereocenters. The van der Waals surface area contributed by atoms with Gasteiger partial charge in [0.25, 0.3) is 0 Å². The summed E-state index contributed by atoms with van der Waals surface area (Å²) in [4.78, 5) is 13.5. The number of hydrogen-bond acceptors (Lipinski definition) is 3. The van der Waals surface area contributed by atoms with Crippen LogP contribution in [0.1, 0.15) is 28.3 Å².